The lowest BCUT2D eigenvalue weighted by molar-refractivity contribution is 0.195. The molecule has 0 atom stereocenters. The zero-order chi connectivity index (χ0) is 9.10. The van der Waals surface area contributed by atoms with Crippen LogP contribution in [0.25, 0.3) is 6.08 Å². The molecule has 0 aliphatic carbocycles. The minimum Gasteiger partial charge on any atom is -0.413 e. The van der Waals surface area contributed by atoms with Crippen LogP contribution in [0.5, 0.6) is 0 Å². The van der Waals surface area contributed by atoms with E-state index in [1.807, 2.05) is 36.4 Å². The van der Waals surface area contributed by atoms with Crippen LogP contribution in [0.15, 0.2) is 36.1 Å². The predicted molar refractivity (Wildman–Crippen MR) is 48.9 cm³/mol. The number of hydrogen-bond acceptors (Lipinski definition) is 2. The first kappa shape index (κ1) is 7.86. The summed E-state index contributed by atoms with van der Waals surface area (Å²) in [7, 11) is 0. The van der Waals surface area contributed by atoms with Crippen LogP contribution in [0.2, 0.25) is 0 Å². The van der Waals surface area contributed by atoms with E-state index in [9.17, 15) is 4.79 Å². The van der Waals surface area contributed by atoms with Crippen molar-refractivity contribution in [2.75, 3.05) is 6.54 Å². The molecule has 1 heterocycles. The second-order valence-corrected chi connectivity index (χ2v) is 2.76. The molecule has 0 bridgehead atoms. The molecule has 1 aromatic rings. The Hall–Kier alpha value is -1.77. The van der Waals surface area contributed by atoms with Crippen LogP contribution in [0.3, 0.4) is 0 Å². The lowest BCUT2D eigenvalue weighted by Crippen LogP contribution is -2.11. The van der Waals surface area contributed by atoms with Crippen molar-refractivity contribution in [3.05, 3.63) is 41.7 Å². The molecule has 66 valence electrons. The molecule has 0 saturated carbocycles. The molecule has 1 saturated heterocycles. The molecule has 2 rings (SSSR count). The molecular weight excluding hydrogens is 166 g/mol. The molecule has 1 N–H and O–H groups in total. The molecule has 1 amide bonds. The maximum atomic E-state index is 10.7. The summed E-state index contributed by atoms with van der Waals surface area (Å²) in [5.74, 6) is 0.663. The molecule has 13 heavy (non-hydrogen) atoms. The van der Waals surface area contributed by atoms with Gasteiger partial charge in [0.05, 0.1) is 6.54 Å². The number of benzene rings is 1. The van der Waals surface area contributed by atoms with Crippen LogP contribution in [0, 0.1) is 0 Å². The summed E-state index contributed by atoms with van der Waals surface area (Å²) in [5, 5.41) is 2.56. The van der Waals surface area contributed by atoms with Gasteiger partial charge in [0.25, 0.3) is 0 Å². The second-order valence-electron chi connectivity index (χ2n) is 2.76. The summed E-state index contributed by atoms with van der Waals surface area (Å²) in [6, 6.07) is 9.74. The Labute approximate surface area is 76.0 Å². The Kier molecular flexibility index (Phi) is 2.00. The van der Waals surface area contributed by atoms with Crippen LogP contribution in [0.4, 0.5) is 4.79 Å². The minimum atomic E-state index is -0.373. The number of ether oxygens (including phenoxy) is 1. The standard InChI is InChI=1S/C10H9NO2/c12-10-11-7-9(13-10)6-8-4-2-1-3-5-8/h1-6H,7H2,(H,11,12)/b9-6-. The SMILES string of the molecule is O=C1NC/C(=C/c2ccccc2)O1. The average molecular weight is 175 g/mol. The highest BCUT2D eigenvalue weighted by Gasteiger charge is 2.14. The maximum Gasteiger partial charge on any atom is 0.412 e. The Morgan fingerprint density at radius 3 is 2.69 bits per heavy atom. The number of carbonyl (C=O) groups excluding carboxylic acids is 1. The zero-order valence-corrected chi connectivity index (χ0v) is 6.99. The maximum absolute atomic E-state index is 10.7. The summed E-state index contributed by atoms with van der Waals surface area (Å²) in [4.78, 5) is 10.7. The fourth-order valence-electron chi connectivity index (χ4n) is 1.17. The number of cyclic esters (lactones) is 1. The molecule has 1 aliphatic heterocycles. The van der Waals surface area contributed by atoms with Gasteiger partial charge in [0.1, 0.15) is 5.76 Å². The number of hydrogen-bond donors (Lipinski definition) is 1. The van der Waals surface area contributed by atoms with Crippen LogP contribution >= 0.6 is 0 Å². The number of alkyl carbamates (subject to hydrolysis) is 1. The fourth-order valence-corrected chi connectivity index (χ4v) is 1.17. The van der Waals surface area contributed by atoms with Crippen LogP contribution in [-0.4, -0.2) is 12.6 Å². The van der Waals surface area contributed by atoms with Crippen molar-refractivity contribution >= 4 is 12.2 Å². The van der Waals surface area contributed by atoms with E-state index in [4.69, 9.17) is 4.74 Å². The van der Waals surface area contributed by atoms with E-state index in [1.54, 1.807) is 0 Å². The molecule has 0 aromatic heterocycles. The van der Waals surface area contributed by atoms with Gasteiger partial charge in [-0.1, -0.05) is 30.3 Å². The van der Waals surface area contributed by atoms with E-state index in [2.05, 4.69) is 5.32 Å². The summed E-state index contributed by atoms with van der Waals surface area (Å²) < 4.78 is 4.88. The fraction of sp³-hybridized carbons (Fsp3) is 0.100. The highest BCUT2D eigenvalue weighted by Crippen LogP contribution is 2.10. The van der Waals surface area contributed by atoms with Gasteiger partial charge >= 0.3 is 6.09 Å². The molecule has 0 radical (unpaired) electrons. The van der Waals surface area contributed by atoms with E-state index in [0.29, 0.717) is 12.3 Å². The second kappa shape index (κ2) is 3.31. The molecule has 0 unspecified atom stereocenters. The van der Waals surface area contributed by atoms with Gasteiger partial charge in [-0.15, -0.1) is 0 Å². The Morgan fingerprint density at radius 1 is 1.31 bits per heavy atom. The first-order valence-corrected chi connectivity index (χ1v) is 4.06. The first-order chi connectivity index (χ1) is 6.34. The predicted octanol–water partition coefficient (Wildman–Crippen LogP) is 1.77. The molecule has 1 aromatic carbocycles. The van der Waals surface area contributed by atoms with Crippen molar-refractivity contribution in [2.45, 2.75) is 0 Å². The van der Waals surface area contributed by atoms with Gasteiger partial charge in [-0.3, -0.25) is 0 Å². The van der Waals surface area contributed by atoms with Gasteiger partial charge < -0.3 is 10.1 Å². The average Bonchev–Trinajstić information content (AvgIpc) is 2.53. The topological polar surface area (TPSA) is 38.3 Å². The van der Waals surface area contributed by atoms with Crippen molar-refractivity contribution < 1.29 is 9.53 Å². The Bertz CT molecular complexity index is 343. The third kappa shape index (κ3) is 1.87. The van der Waals surface area contributed by atoms with E-state index in [-0.39, 0.29) is 6.09 Å². The first-order valence-electron chi connectivity index (χ1n) is 4.06. The summed E-state index contributed by atoms with van der Waals surface area (Å²) in [5.41, 5.74) is 1.04. The normalized spacial score (nSPS) is 18.5. The Balaban J connectivity index is 2.17. The third-order valence-corrected chi connectivity index (χ3v) is 1.76. The number of carbonyl (C=O) groups is 1. The smallest absolute Gasteiger partial charge is 0.412 e. The summed E-state index contributed by atoms with van der Waals surface area (Å²) >= 11 is 0. The summed E-state index contributed by atoms with van der Waals surface area (Å²) in [6.45, 7) is 0.480. The molecule has 3 heteroatoms. The summed E-state index contributed by atoms with van der Waals surface area (Å²) in [6.07, 6.45) is 1.47. The quantitative estimate of drug-likeness (QED) is 0.706. The van der Waals surface area contributed by atoms with Gasteiger partial charge in [0, 0.05) is 0 Å². The number of nitrogens with one attached hydrogen (secondary N) is 1. The van der Waals surface area contributed by atoms with Crippen LogP contribution in [-0.2, 0) is 4.74 Å². The third-order valence-electron chi connectivity index (χ3n) is 1.76. The highest BCUT2D eigenvalue weighted by atomic mass is 16.6. The van der Waals surface area contributed by atoms with Crippen molar-refractivity contribution in [1.82, 2.24) is 5.32 Å². The monoisotopic (exact) mass is 175 g/mol. The van der Waals surface area contributed by atoms with E-state index in [0.717, 1.165) is 5.56 Å². The van der Waals surface area contributed by atoms with Crippen molar-refractivity contribution in [1.29, 1.82) is 0 Å². The molecule has 3 nitrogen and oxygen atoms in total. The minimum absolute atomic E-state index is 0.373. The van der Waals surface area contributed by atoms with Gasteiger partial charge in [-0.2, -0.15) is 0 Å². The van der Waals surface area contributed by atoms with Gasteiger partial charge in [0.2, 0.25) is 0 Å². The molecule has 1 aliphatic rings. The zero-order valence-electron chi connectivity index (χ0n) is 6.99. The van der Waals surface area contributed by atoms with Crippen LogP contribution < -0.4 is 5.32 Å². The number of amides is 1. The van der Waals surface area contributed by atoms with Gasteiger partial charge in [-0.25, -0.2) is 4.79 Å². The van der Waals surface area contributed by atoms with E-state index < -0.39 is 0 Å². The Morgan fingerprint density at radius 2 is 2.08 bits per heavy atom. The van der Waals surface area contributed by atoms with Gasteiger partial charge in [0.15, 0.2) is 0 Å². The highest BCUT2D eigenvalue weighted by molar-refractivity contribution is 5.73. The van der Waals surface area contributed by atoms with Crippen molar-refractivity contribution in [3.8, 4) is 0 Å². The van der Waals surface area contributed by atoms with Crippen molar-refractivity contribution in [3.63, 3.8) is 0 Å². The van der Waals surface area contributed by atoms with Gasteiger partial charge in [-0.05, 0) is 11.6 Å². The number of rotatable bonds is 1. The van der Waals surface area contributed by atoms with Crippen molar-refractivity contribution in [2.24, 2.45) is 0 Å². The molecule has 1 fully saturated rings. The molecular formula is C10H9NO2. The lowest BCUT2D eigenvalue weighted by Gasteiger charge is -1.94. The molecule has 0 spiro atoms. The van der Waals surface area contributed by atoms with Crippen LogP contribution in [0.1, 0.15) is 5.56 Å². The van der Waals surface area contributed by atoms with E-state index >= 15 is 0 Å². The lowest BCUT2D eigenvalue weighted by atomic mass is 10.2. The largest absolute Gasteiger partial charge is 0.413 e. The van der Waals surface area contributed by atoms with E-state index in [1.165, 1.54) is 0 Å².